The molecule has 3 heterocycles. The van der Waals surface area contributed by atoms with Crippen molar-refractivity contribution >= 4 is 23.7 Å². The topological polar surface area (TPSA) is 174 Å². The molecule has 2 aliphatic heterocycles. The van der Waals surface area contributed by atoms with Gasteiger partial charge in [0.25, 0.3) is 0 Å². The Morgan fingerprint density at radius 1 is 1.02 bits per heavy atom. The maximum atomic E-state index is 10.3. The van der Waals surface area contributed by atoms with E-state index in [-0.39, 0.29) is 0 Å². The van der Waals surface area contributed by atoms with Crippen LogP contribution in [0.15, 0.2) is 24.3 Å². The van der Waals surface area contributed by atoms with Crippen molar-refractivity contribution in [2.24, 2.45) is 0 Å². The highest BCUT2D eigenvalue weighted by molar-refractivity contribution is 5.88. The first-order valence-electron chi connectivity index (χ1n) is 13.8. The molecule has 12 nitrogen and oxygen atoms in total. The Balaban J connectivity index is 0.000000316. The molecule has 0 bridgehead atoms. The van der Waals surface area contributed by atoms with Crippen LogP contribution in [0.4, 0.5) is 5.82 Å². The van der Waals surface area contributed by atoms with E-state index in [0.29, 0.717) is 12.5 Å². The van der Waals surface area contributed by atoms with E-state index in [0.717, 1.165) is 50.7 Å². The summed E-state index contributed by atoms with van der Waals surface area (Å²) >= 11 is 0. The molecule has 1 fully saturated rings. The molecule has 0 saturated carbocycles. The number of benzene rings is 1. The molecular formula is C30H38N4O8. The first-order chi connectivity index (χ1) is 19.9. The second kappa shape index (κ2) is 14.6. The first kappa shape index (κ1) is 32.3. The molecule has 1 aromatic heterocycles. The van der Waals surface area contributed by atoms with Gasteiger partial charge in [0.2, 0.25) is 0 Å². The summed E-state index contributed by atoms with van der Waals surface area (Å²) in [6, 6.07) is 8.23. The van der Waals surface area contributed by atoms with E-state index in [1.54, 1.807) is 0 Å². The number of aliphatic hydroxyl groups is 1. The third-order valence-corrected chi connectivity index (χ3v) is 7.00. The molecule has 2 aliphatic rings. The third-order valence-electron chi connectivity index (χ3n) is 7.00. The molecule has 226 valence electrons. The zero-order valence-corrected chi connectivity index (χ0v) is 24.0. The van der Waals surface area contributed by atoms with Gasteiger partial charge in [0.05, 0.1) is 18.5 Å². The normalized spacial score (nSPS) is 14.9. The number of aliphatic carboxylic acids is 3. The smallest absolute Gasteiger partial charge is 0.336 e. The van der Waals surface area contributed by atoms with Crippen LogP contribution in [0.2, 0.25) is 0 Å². The van der Waals surface area contributed by atoms with E-state index < -0.39 is 36.4 Å². The van der Waals surface area contributed by atoms with Gasteiger partial charge in [-0.05, 0) is 37.0 Å². The van der Waals surface area contributed by atoms with Crippen LogP contribution in [0.1, 0.15) is 68.1 Å². The molecule has 1 saturated heterocycles. The highest BCUT2D eigenvalue weighted by atomic mass is 16.5. The molecule has 12 heteroatoms. The van der Waals surface area contributed by atoms with Crippen molar-refractivity contribution in [2.75, 3.05) is 31.1 Å². The predicted molar refractivity (Wildman–Crippen MR) is 153 cm³/mol. The highest BCUT2D eigenvalue weighted by Crippen LogP contribution is 2.31. The molecule has 0 atom stereocenters. The number of hydrogen-bond acceptors (Lipinski definition) is 9. The Labute approximate surface area is 245 Å². The Morgan fingerprint density at radius 2 is 1.64 bits per heavy atom. The van der Waals surface area contributed by atoms with Crippen LogP contribution >= 0.6 is 0 Å². The van der Waals surface area contributed by atoms with Crippen molar-refractivity contribution < 1.29 is 39.5 Å². The van der Waals surface area contributed by atoms with Crippen LogP contribution in [-0.4, -0.2) is 85.0 Å². The van der Waals surface area contributed by atoms with Gasteiger partial charge in [-0.25, -0.2) is 14.8 Å². The maximum absolute atomic E-state index is 10.3. The molecule has 42 heavy (non-hydrogen) atoms. The van der Waals surface area contributed by atoms with Gasteiger partial charge >= 0.3 is 17.9 Å². The maximum Gasteiger partial charge on any atom is 0.336 e. The highest BCUT2D eigenvalue weighted by Gasteiger charge is 2.40. The number of carboxylic acids is 3. The number of fused-ring (bicyclic) bond motifs is 1. The van der Waals surface area contributed by atoms with Gasteiger partial charge in [0, 0.05) is 44.2 Å². The van der Waals surface area contributed by atoms with Gasteiger partial charge in [-0.2, -0.15) is 0 Å². The van der Waals surface area contributed by atoms with Gasteiger partial charge in [-0.15, -0.1) is 6.42 Å². The average molecular weight is 583 g/mol. The van der Waals surface area contributed by atoms with Crippen LogP contribution in [0.3, 0.4) is 0 Å². The number of ether oxygens (including phenoxy) is 1. The molecule has 4 rings (SSSR count). The van der Waals surface area contributed by atoms with Crippen molar-refractivity contribution in [3.05, 3.63) is 46.9 Å². The van der Waals surface area contributed by atoms with Crippen LogP contribution in [-0.2, 0) is 33.9 Å². The fraction of sp³-hybridized carbons (Fsp3) is 0.500. The zero-order chi connectivity index (χ0) is 30.9. The van der Waals surface area contributed by atoms with Crippen LogP contribution in [0.25, 0.3) is 0 Å². The number of hydrogen-bond donors (Lipinski definition) is 4. The minimum atomic E-state index is -2.74. The Morgan fingerprint density at radius 3 is 2.17 bits per heavy atom. The van der Waals surface area contributed by atoms with Gasteiger partial charge in [-0.3, -0.25) is 14.5 Å². The van der Waals surface area contributed by atoms with E-state index in [1.165, 1.54) is 35.5 Å². The minimum absolute atomic E-state index is 0.305. The molecule has 0 radical (unpaired) electrons. The molecule has 2 aromatic rings. The summed E-state index contributed by atoms with van der Waals surface area (Å²) in [7, 11) is 0. The second-order valence-corrected chi connectivity index (χ2v) is 10.8. The summed E-state index contributed by atoms with van der Waals surface area (Å²) in [6.45, 7) is 9.74. The van der Waals surface area contributed by atoms with Gasteiger partial charge in [0.15, 0.2) is 5.60 Å². The lowest BCUT2D eigenvalue weighted by molar-refractivity contribution is -0.170. The molecule has 1 aromatic carbocycles. The van der Waals surface area contributed by atoms with Crippen molar-refractivity contribution in [2.45, 2.75) is 70.6 Å². The third kappa shape index (κ3) is 8.89. The lowest BCUT2D eigenvalue weighted by Crippen LogP contribution is -2.42. The number of terminal acetylenes is 1. The number of nitrogens with zero attached hydrogens (tertiary/aromatic N) is 4. The van der Waals surface area contributed by atoms with E-state index in [1.807, 2.05) is 12.1 Å². The molecule has 0 unspecified atom stereocenters. The lowest BCUT2D eigenvalue weighted by atomic mass is 9.96. The zero-order valence-electron chi connectivity index (χ0n) is 24.0. The number of aromatic nitrogens is 2. The van der Waals surface area contributed by atoms with E-state index in [4.69, 9.17) is 41.6 Å². The monoisotopic (exact) mass is 582 g/mol. The number of rotatable bonds is 11. The van der Waals surface area contributed by atoms with Crippen molar-refractivity contribution in [1.29, 1.82) is 0 Å². The van der Waals surface area contributed by atoms with E-state index in [9.17, 15) is 14.4 Å². The average Bonchev–Trinajstić information content (AvgIpc) is 3.46. The van der Waals surface area contributed by atoms with Crippen molar-refractivity contribution in [3.63, 3.8) is 0 Å². The summed E-state index contributed by atoms with van der Waals surface area (Å²) in [5, 5.41) is 33.8. The van der Waals surface area contributed by atoms with Gasteiger partial charge in [-0.1, -0.05) is 31.9 Å². The molecule has 0 aliphatic carbocycles. The fourth-order valence-corrected chi connectivity index (χ4v) is 4.86. The summed E-state index contributed by atoms with van der Waals surface area (Å²) < 4.78 is 5.47. The SMILES string of the molecule is C#CCOc1ccc(CN2CCc3c(nc(C(C)C)nc3N3CCCC3)C2)cc1.O=C(O)CC(O)(CC(=O)O)C(=O)O. The van der Waals surface area contributed by atoms with Crippen molar-refractivity contribution in [3.8, 4) is 18.1 Å². The van der Waals surface area contributed by atoms with E-state index >= 15 is 0 Å². The fourth-order valence-electron chi connectivity index (χ4n) is 4.86. The van der Waals surface area contributed by atoms with Crippen LogP contribution < -0.4 is 9.64 Å². The molecule has 0 amide bonds. The van der Waals surface area contributed by atoms with Crippen LogP contribution in [0.5, 0.6) is 5.75 Å². The summed E-state index contributed by atoms with van der Waals surface area (Å²) in [6.07, 6.45) is 6.52. The van der Waals surface area contributed by atoms with Gasteiger partial charge in [0.1, 0.15) is 24.0 Å². The van der Waals surface area contributed by atoms with E-state index in [2.05, 4.69) is 41.7 Å². The number of anilines is 1. The molecular weight excluding hydrogens is 544 g/mol. The number of carboxylic acid groups (broad SMARTS) is 3. The standard InChI is InChI=1S/C24H30N4O.C6H8O7/c1-4-15-29-20-9-7-19(8-10-20)16-27-14-11-21-22(17-27)25-23(18(2)3)26-24(21)28-12-5-6-13-28;7-3(8)1-6(13,5(11)12)2-4(9)10/h1,7-10,18H,5-6,11-17H2,2-3H3;13H,1-2H2,(H,7,8)(H,9,10)(H,11,12). The molecule has 4 N–H and O–H groups in total. The van der Waals surface area contributed by atoms with Crippen molar-refractivity contribution in [1.82, 2.24) is 14.9 Å². The second-order valence-electron chi connectivity index (χ2n) is 10.8. The summed E-state index contributed by atoms with van der Waals surface area (Å²) in [5.74, 6) is 0.813. The number of carbonyl (C=O) groups is 3. The Bertz CT molecular complexity index is 1280. The van der Waals surface area contributed by atoms with Gasteiger partial charge < -0.3 is 30.1 Å². The van der Waals surface area contributed by atoms with Crippen LogP contribution in [0, 0.1) is 12.3 Å². The predicted octanol–water partition coefficient (Wildman–Crippen LogP) is 2.52. The quantitative estimate of drug-likeness (QED) is 0.286. The first-order valence-corrected chi connectivity index (χ1v) is 13.8. The lowest BCUT2D eigenvalue weighted by Gasteiger charge is -2.31. The Hall–Kier alpha value is -4.21. The Kier molecular flexibility index (Phi) is 11.2. The molecule has 0 spiro atoms. The largest absolute Gasteiger partial charge is 0.481 e. The summed E-state index contributed by atoms with van der Waals surface area (Å²) in [4.78, 5) is 45.4. The summed E-state index contributed by atoms with van der Waals surface area (Å²) in [5.41, 5.74) is 1.12. The minimum Gasteiger partial charge on any atom is -0.481 e.